The van der Waals surface area contributed by atoms with Gasteiger partial charge in [-0.1, -0.05) is 0 Å². The molecule has 1 amide bonds. The van der Waals surface area contributed by atoms with E-state index < -0.39 is 0 Å². The predicted octanol–water partition coefficient (Wildman–Crippen LogP) is 1.99. The molecule has 3 rings (SSSR count). The number of hydrogen-bond donors (Lipinski definition) is 0. The van der Waals surface area contributed by atoms with Gasteiger partial charge in [0.2, 0.25) is 5.91 Å². The Hall–Kier alpha value is -2.12. The van der Waals surface area contributed by atoms with Crippen molar-refractivity contribution in [2.45, 2.75) is 31.7 Å². The first-order chi connectivity index (χ1) is 13.6. The molecule has 0 N–H and O–H groups in total. The van der Waals surface area contributed by atoms with Gasteiger partial charge in [-0.15, -0.1) is 0 Å². The van der Waals surface area contributed by atoms with Crippen LogP contribution in [0.15, 0.2) is 18.2 Å². The normalized spacial score (nSPS) is 18.7. The van der Waals surface area contributed by atoms with E-state index in [4.69, 9.17) is 14.2 Å². The summed E-state index contributed by atoms with van der Waals surface area (Å²) >= 11 is 0. The number of rotatable bonds is 7. The summed E-state index contributed by atoms with van der Waals surface area (Å²) in [6, 6.07) is 5.67. The first kappa shape index (κ1) is 20.6. The molecule has 2 aliphatic rings. The molecule has 154 valence electrons. The van der Waals surface area contributed by atoms with Crippen LogP contribution < -0.4 is 9.47 Å². The van der Waals surface area contributed by atoms with Crippen molar-refractivity contribution >= 4 is 11.7 Å². The summed E-state index contributed by atoms with van der Waals surface area (Å²) in [6.45, 7) is 4.95. The van der Waals surface area contributed by atoms with E-state index in [1.54, 1.807) is 25.3 Å². The van der Waals surface area contributed by atoms with Crippen molar-refractivity contribution < 1.29 is 23.8 Å². The van der Waals surface area contributed by atoms with E-state index in [-0.39, 0.29) is 24.5 Å². The van der Waals surface area contributed by atoms with Gasteiger partial charge in [0.25, 0.3) is 0 Å². The van der Waals surface area contributed by atoms with Crippen LogP contribution in [-0.4, -0.2) is 81.1 Å². The molecule has 28 heavy (non-hydrogen) atoms. The Morgan fingerprint density at radius 3 is 2.32 bits per heavy atom. The lowest BCUT2D eigenvalue weighted by Gasteiger charge is -2.40. The second-order valence-corrected chi connectivity index (χ2v) is 7.25. The summed E-state index contributed by atoms with van der Waals surface area (Å²) in [5.74, 6) is 1.09. The maximum atomic E-state index is 12.5. The predicted molar refractivity (Wildman–Crippen MR) is 105 cm³/mol. The minimum Gasteiger partial charge on any atom is -0.493 e. The maximum Gasteiger partial charge on any atom is 0.223 e. The molecule has 7 heteroatoms. The molecule has 0 bridgehead atoms. The zero-order valence-electron chi connectivity index (χ0n) is 16.8. The molecule has 0 spiro atoms. The van der Waals surface area contributed by atoms with E-state index in [2.05, 4.69) is 4.90 Å². The van der Waals surface area contributed by atoms with Crippen LogP contribution in [-0.2, 0) is 9.53 Å². The zero-order chi connectivity index (χ0) is 19.9. The van der Waals surface area contributed by atoms with Crippen LogP contribution in [0.25, 0.3) is 0 Å². The number of carbonyl (C=O) groups excluding carboxylic acids is 2. The molecule has 0 aromatic heterocycles. The van der Waals surface area contributed by atoms with Gasteiger partial charge in [-0.25, -0.2) is 0 Å². The fourth-order valence-corrected chi connectivity index (χ4v) is 3.92. The summed E-state index contributed by atoms with van der Waals surface area (Å²) in [5.41, 5.74) is 0.537. The van der Waals surface area contributed by atoms with Crippen LogP contribution in [0.1, 0.15) is 36.0 Å². The Morgan fingerprint density at radius 1 is 1.00 bits per heavy atom. The van der Waals surface area contributed by atoms with Gasteiger partial charge >= 0.3 is 0 Å². The third kappa shape index (κ3) is 5.02. The highest BCUT2D eigenvalue weighted by atomic mass is 16.5. The average Bonchev–Trinajstić information content (AvgIpc) is 2.77. The number of ketones is 1. The fraction of sp³-hybridized carbons (Fsp3) is 0.619. The Balaban J connectivity index is 1.46. The summed E-state index contributed by atoms with van der Waals surface area (Å²) in [4.78, 5) is 29.4. The van der Waals surface area contributed by atoms with E-state index in [0.717, 1.165) is 52.2 Å². The highest BCUT2D eigenvalue weighted by Crippen LogP contribution is 2.28. The summed E-state index contributed by atoms with van der Waals surface area (Å²) in [6.07, 6.45) is 2.60. The van der Waals surface area contributed by atoms with Gasteiger partial charge in [-0.05, 0) is 31.0 Å². The van der Waals surface area contributed by atoms with Crippen molar-refractivity contribution in [3.63, 3.8) is 0 Å². The molecule has 0 radical (unpaired) electrons. The summed E-state index contributed by atoms with van der Waals surface area (Å²) in [7, 11) is 3.09. The smallest absolute Gasteiger partial charge is 0.223 e. The van der Waals surface area contributed by atoms with Crippen LogP contribution in [0.3, 0.4) is 0 Å². The highest BCUT2D eigenvalue weighted by Gasteiger charge is 2.27. The number of amides is 1. The fourth-order valence-electron chi connectivity index (χ4n) is 3.92. The monoisotopic (exact) mass is 390 g/mol. The van der Waals surface area contributed by atoms with E-state index in [9.17, 15) is 9.59 Å². The minimum absolute atomic E-state index is 0.0560. The Morgan fingerprint density at radius 2 is 1.68 bits per heavy atom. The third-order valence-electron chi connectivity index (χ3n) is 5.65. The summed E-state index contributed by atoms with van der Waals surface area (Å²) in [5, 5.41) is 0. The van der Waals surface area contributed by atoms with Crippen LogP contribution in [0.4, 0.5) is 0 Å². The maximum absolute atomic E-state index is 12.5. The van der Waals surface area contributed by atoms with Gasteiger partial charge in [0.1, 0.15) is 0 Å². The van der Waals surface area contributed by atoms with Gasteiger partial charge in [-0.3, -0.25) is 14.5 Å². The molecule has 2 aliphatic heterocycles. The van der Waals surface area contributed by atoms with E-state index in [1.165, 1.54) is 7.11 Å². The van der Waals surface area contributed by atoms with Crippen molar-refractivity contribution in [3.8, 4) is 11.5 Å². The number of carbonyl (C=O) groups is 2. The van der Waals surface area contributed by atoms with E-state index in [1.807, 2.05) is 4.90 Å². The highest BCUT2D eigenvalue weighted by molar-refractivity contribution is 5.98. The Bertz CT molecular complexity index is 679. The van der Waals surface area contributed by atoms with Gasteiger partial charge < -0.3 is 19.1 Å². The molecule has 0 saturated carbocycles. The molecule has 0 atom stereocenters. The van der Waals surface area contributed by atoms with Gasteiger partial charge in [0, 0.05) is 63.8 Å². The van der Waals surface area contributed by atoms with Crippen molar-refractivity contribution in [1.82, 2.24) is 9.80 Å². The lowest BCUT2D eigenvalue weighted by atomic mass is 10.0. The number of hydrogen-bond acceptors (Lipinski definition) is 6. The lowest BCUT2D eigenvalue weighted by Crippen LogP contribution is -2.53. The number of methoxy groups -OCH3 is 2. The lowest BCUT2D eigenvalue weighted by molar-refractivity contribution is -0.133. The molecule has 0 aliphatic carbocycles. The van der Waals surface area contributed by atoms with Gasteiger partial charge in [0.15, 0.2) is 17.3 Å². The minimum atomic E-state index is -0.0601. The van der Waals surface area contributed by atoms with Crippen LogP contribution >= 0.6 is 0 Å². The molecule has 2 heterocycles. The van der Waals surface area contributed by atoms with Gasteiger partial charge in [0.05, 0.1) is 14.2 Å². The van der Waals surface area contributed by atoms with Crippen molar-refractivity contribution in [1.29, 1.82) is 0 Å². The van der Waals surface area contributed by atoms with Gasteiger partial charge in [-0.2, -0.15) is 0 Å². The van der Waals surface area contributed by atoms with Crippen molar-refractivity contribution in [3.05, 3.63) is 23.8 Å². The number of benzene rings is 1. The standard InChI is InChI=1S/C21H30N2O5/c1-26-19-5-3-16(15-20(19)27-2)18(24)4-6-21(25)23-11-9-22(10-12-23)17-7-13-28-14-8-17/h3,5,15,17H,4,6-14H2,1-2H3. The Labute approximate surface area is 166 Å². The quantitative estimate of drug-likeness (QED) is 0.664. The second-order valence-electron chi connectivity index (χ2n) is 7.25. The molecule has 7 nitrogen and oxygen atoms in total. The van der Waals surface area contributed by atoms with Crippen LogP contribution in [0.5, 0.6) is 11.5 Å². The Kier molecular flexibility index (Phi) is 7.28. The third-order valence-corrected chi connectivity index (χ3v) is 5.65. The second kappa shape index (κ2) is 9.89. The topological polar surface area (TPSA) is 68.3 Å². The average molecular weight is 390 g/mol. The largest absolute Gasteiger partial charge is 0.493 e. The molecule has 2 saturated heterocycles. The first-order valence-electron chi connectivity index (χ1n) is 9.97. The van der Waals surface area contributed by atoms with Crippen molar-refractivity contribution in [2.24, 2.45) is 0 Å². The molecular formula is C21H30N2O5. The molecular weight excluding hydrogens is 360 g/mol. The van der Waals surface area contributed by atoms with E-state index >= 15 is 0 Å². The SMILES string of the molecule is COc1ccc(C(=O)CCC(=O)N2CCN(C3CCOCC3)CC2)cc1OC. The number of nitrogens with zero attached hydrogens (tertiary/aromatic N) is 2. The molecule has 0 unspecified atom stereocenters. The summed E-state index contributed by atoms with van der Waals surface area (Å²) < 4.78 is 15.9. The zero-order valence-corrected chi connectivity index (χ0v) is 16.8. The number of Topliss-reactive ketones (excluding diaryl/α,β-unsaturated/α-hetero) is 1. The number of ether oxygens (including phenoxy) is 3. The first-order valence-corrected chi connectivity index (χ1v) is 9.97. The number of piperazine rings is 1. The molecule has 1 aromatic rings. The van der Waals surface area contributed by atoms with Crippen LogP contribution in [0.2, 0.25) is 0 Å². The van der Waals surface area contributed by atoms with Crippen LogP contribution in [0, 0.1) is 0 Å². The van der Waals surface area contributed by atoms with Crippen molar-refractivity contribution in [2.75, 3.05) is 53.6 Å². The molecule has 2 fully saturated rings. The molecule has 1 aromatic carbocycles. The van der Waals surface area contributed by atoms with E-state index in [0.29, 0.717) is 23.1 Å².